The fourth-order valence-corrected chi connectivity index (χ4v) is 3.59. The molecule has 150 valence electrons. The van der Waals surface area contributed by atoms with Gasteiger partial charge in [-0.15, -0.1) is 0 Å². The zero-order valence-corrected chi connectivity index (χ0v) is 17.3. The Morgan fingerprint density at radius 1 is 1.11 bits per heavy atom. The molecule has 1 aliphatic heterocycles. The van der Waals surface area contributed by atoms with Gasteiger partial charge in [-0.3, -0.25) is 9.69 Å². The van der Waals surface area contributed by atoms with Crippen LogP contribution in [0.5, 0.6) is 5.75 Å². The summed E-state index contributed by atoms with van der Waals surface area (Å²) in [7, 11) is 0. The summed E-state index contributed by atoms with van der Waals surface area (Å²) in [4.78, 5) is 17.0. The van der Waals surface area contributed by atoms with Crippen LogP contribution in [0.1, 0.15) is 25.5 Å². The van der Waals surface area contributed by atoms with E-state index in [0.717, 1.165) is 43.2 Å². The van der Waals surface area contributed by atoms with E-state index in [-0.39, 0.29) is 11.9 Å². The number of halogens is 1. The maximum atomic E-state index is 12.4. The van der Waals surface area contributed by atoms with E-state index in [2.05, 4.69) is 21.2 Å². The van der Waals surface area contributed by atoms with Crippen LogP contribution in [-0.4, -0.2) is 50.1 Å². The number of hydrogen-bond donors (Lipinski definition) is 1. The molecule has 1 amide bonds. The Morgan fingerprint density at radius 2 is 1.79 bits per heavy atom. The molecule has 3 rings (SSSR count). The van der Waals surface area contributed by atoms with Crippen molar-refractivity contribution < 1.29 is 9.53 Å². The Hall–Kier alpha value is -2.24. The van der Waals surface area contributed by atoms with Crippen LogP contribution in [-0.2, 0) is 4.79 Å². The molecule has 28 heavy (non-hydrogen) atoms. The smallest absolute Gasteiger partial charge is 0.234 e. The highest BCUT2D eigenvalue weighted by molar-refractivity contribution is 6.30. The molecule has 1 saturated heterocycles. The van der Waals surface area contributed by atoms with Gasteiger partial charge in [0, 0.05) is 31.2 Å². The monoisotopic (exact) mass is 401 g/mol. The quantitative estimate of drug-likeness (QED) is 0.767. The lowest BCUT2D eigenvalue weighted by Crippen LogP contribution is -2.49. The zero-order valence-electron chi connectivity index (χ0n) is 16.5. The van der Waals surface area contributed by atoms with Crippen LogP contribution in [0.25, 0.3) is 0 Å². The molecule has 0 saturated carbocycles. The number of nitrogens with zero attached hydrogens (tertiary/aromatic N) is 2. The molecule has 1 fully saturated rings. The minimum atomic E-state index is -0.0378. The van der Waals surface area contributed by atoms with E-state index >= 15 is 0 Å². The summed E-state index contributed by atoms with van der Waals surface area (Å²) in [5, 5.41) is 3.77. The number of anilines is 1. The van der Waals surface area contributed by atoms with Crippen LogP contribution in [0.3, 0.4) is 0 Å². The van der Waals surface area contributed by atoms with Gasteiger partial charge in [0.1, 0.15) is 5.75 Å². The fraction of sp³-hybridized carbons (Fsp3) is 0.409. The van der Waals surface area contributed by atoms with Gasteiger partial charge in [0.25, 0.3) is 0 Å². The number of para-hydroxylation sites is 2. The predicted octanol–water partition coefficient (Wildman–Crippen LogP) is 3.74. The van der Waals surface area contributed by atoms with Crippen molar-refractivity contribution in [2.45, 2.75) is 19.9 Å². The average molecular weight is 402 g/mol. The molecule has 6 heteroatoms. The number of piperazine rings is 1. The lowest BCUT2D eigenvalue weighted by molar-refractivity contribution is -0.123. The first kappa shape index (κ1) is 20.5. The van der Waals surface area contributed by atoms with Gasteiger partial charge in [-0.25, -0.2) is 0 Å². The second-order valence-corrected chi connectivity index (χ2v) is 7.44. The highest BCUT2D eigenvalue weighted by Crippen LogP contribution is 2.28. The number of benzene rings is 2. The highest BCUT2D eigenvalue weighted by Gasteiger charge is 2.21. The molecule has 0 bridgehead atoms. The summed E-state index contributed by atoms with van der Waals surface area (Å²) in [6, 6.07) is 15.7. The third kappa shape index (κ3) is 5.40. The molecule has 0 radical (unpaired) electrons. The number of carbonyl (C=O) groups is 1. The lowest BCUT2D eigenvalue weighted by atomic mass is 10.1. The maximum Gasteiger partial charge on any atom is 0.234 e. The summed E-state index contributed by atoms with van der Waals surface area (Å²) in [5.41, 5.74) is 2.18. The molecule has 0 unspecified atom stereocenters. The van der Waals surface area contributed by atoms with Crippen LogP contribution in [0.2, 0.25) is 5.02 Å². The van der Waals surface area contributed by atoms with Gasteiger partial charge in [-0.1, -0.05) is 35.9 Å². The molecule has 2 aromatic carbocycles. The SMILES string of the molecule is CCOc1ccccc1N1CCN(CC(=O)N[C@@H](C)c2ccc(Cl)cc2)CC1. The van der Waals surface area contributed by atoms with Crippen molar-refractivity contribution in [2.24, 2.45) is 0 Å². The predicted molar refractivity (Wildman–Crippen MR) is 114 cm³/mol. The van der Waals surface area contributed by atoms with Crippen molar-refractivity contribution >= 4 is 23.2 Å². The van der Waals surface area contributed by atoms with Gasteiger partial charge in [0.05, 0.1) is 24.9 Å². The van der Waals surface area contributed by atoms with Crippen LogP contribution in [0, 0.1) is 0 Å². The van der Waals surface area contributed by atoms with Crippen molar-refractivity contribution in [2.75, 3.05) is 44.2 Å². The van der Waals surface area contributed by atoms with E-state index < -0.39 is 0 Å². The molecular weight excluding hydrogens is 374 g/mol. The molecule has 0 spiro atoms. The van der Waals surface area contributed by atoms with E-state index in [1.165, 1.54) is 0 Å². The molecule has 1 N–H and O–H groups in total. The molecule has 1 aliphatic rings. The molecule has 0 aromatic heterocycles. The minimum Gasteiger partial charge on any atom is -0.492 e. The number of rotatable bonds is 7. The first-order chi connectivity index (χ1) is 13.6. The second-order valence-electron chi connectivity index (χ2n) is 7.00. The van der Waals surface area contributed by atoms with Crippen LogP contribution in [0.15, 0.2) is 48.5 Å². The zero-order chi connectivity index (χ0) is 19.9. The van der Waals surface area contributed by atoms with Gasteiger partial charge in [-0.05, 0) is 43.7 Å². The van der Waals surface area contributed by atoms with E-state index in [4.69, 9.17) is 16.3 Å². The number of ether oxygens (including phenoxy) is 1. The van der Waals surface area contributed by atoms with Crippen molar-refractivity contribution in [3.05, 3.63) is 59.1 Å². The van der Waals surface area contributed by atoms with Crippen molar-refractivity contribution in [1.29, 1.82) is 0 Å². The van der Waals surface area contributed by atoms with Gasteiger partial charge in [0.15, 0.2) is 0 Å². The van der Waals surface area contributed by atoms with Crippen molar-refractivity contribution in [3.63, 3.8) is 0 Å². The molecule has 2 aromatic rings. The van der Waals surface area contributed by atoms with Crippen LogP contribution in [0.4, 0.5) is 5.69 Å². The Labute approximate surface area is 172 Å². The molecular formula is C22H28ClN3O2. The first-order valence-electron chi connectivity index (χ1n) is 9.80. The molecule has 5 nitrogen and oxygen atoms in total. The van der Waals surface area contributed by atoms with Crippen molar-refractivity contribution in [1.82, 2.24) is 10.2 Å². The van der Waals surface area contributed by atoms with Gasteiger partial charge < -0.3 is 15.0 Å². The van der Waals surface area contributed by atoms with E-state index in [1.54, 1.807) is 0 Å². The summed E-state index contributed by atoms with van der Waals surface area (Å²) in [6.45, 7) is 8.52. The Morgan fingerprint density at radius 3 is 2.46 bits per heavy atom. The lowest BCUT2D eigenvalue weighted by Gasteiger charge is -2.36. The van der Waals surface area contributed by atoms with Crippen LogP contribution >= 0.6 is 11.6 Å². The van der Waals surface area contributed by atoms with Crippen LogP contribution < -0.4 is 15.0 Å². The number of carbonyl (C=O) groups excluding carboxylic acids is 1. The number of amides is 1. The first-order valence-corrected chi connectivity index (χ1v) is 10.2. The fourth-order valence-electron chi connectivity index (χ4n) is 3.47. The van der Waals surface area contributed by atoms with Gasteiger partial charge in [0.2, 0.25) is 5.91 Å². The number of nitrogens with one attached hydrogen (secondary N) is 1. The summed E-state index contributed by atoms with van der Waals surface area (Å²) >= 11 is 5.93. The summed E-state index contributed by atoms with van der Waals surface area (Å²) in [6.07, 6.45) is 0. The largest absolute Gasteiger partial charge is 0.492 e. The second kappa shape index (κ2) is 9.80. The Balaban J connectivity index is 1.49. The number of hydrogen-bond acceptors (Lipinski definition) is 4. The standard InChI is InChI=1S/C22H28ClN3O2/c1-3-28-21-7-5-4-6-20(21)26-14-12-25(13-15-26)16-22(27)24-17(2)18-8-10-19(23)11-9-18/h4-11,17H,3,12-16H2,1-2H3,(H,24,27)/t17-/m0/s1. The normalized spacial score (nSPS) is 15.9. The van der Waals surface area contributed by atoms with E-state index in [0.29, 0.717) is 18.2 Å². The third-order valence-corrected chi connectivity index (χ3v) is 5.24. The molecule has 1 atom stereocenters. The van der Waals surface area contributed by atoms with Crippen molar-refractivity contribution in [3.8, 4) is 5.75 Å². The topological polar surface area (TPSA) is 44.8 Å². The van der Waals surface area contributed by atoms with E-state index in [1.807, 2.05) is 56.3 Å². The Bertz CT molecular complexity index is 774. The van der Waals surface area contributed by atoms with E-state index in [9.17, 15) is 4.79 Å². The third-order valence-electron chi connectivity index (χ3n) is 4.99. The summed E-state index contributed by atoms with van der Waals surface area (Å²) < 4.78 is 5.75. The molecule has 1 heterocycles. The highest BCUT2D eigenvalue weighted by atomic mass is 35.5. The Kier molecular flexibility index (Phi) is 7.18. The van der Waals surface area contributed by atoms with Gasteiger partial charge in [-0.2, -0.15) is 0 Å². The minimum absolute atomic E-state index is 0.0378. The molecule has 0 aliphatic carbocycles. The summed E-state index contributed by atoms with van der Waals surface area (Å²) in [5.74, 6) is 0.971. The maximum absolute atomic E-state index is 12.4. The average Bonchev–Trinajstić information content (AvgIpc) is 2.70. The van der Waals surface area contributed by atoms with Gasteiger partial charge >= 0.3 is 0 Å².